The van der Waals surface area contributed by atoms with E-state index in [2.05, 4.69) is 0 Å². The molecule has 2 N–H and O–H groups in total. The SMILES string of the molecule is CC(CCN)C(=O)N(Cc1ccccc1)c1ccccc1. The van der Waals surface area contributed by atoms with Gasteiger partial charge in [0, 0.05) is 11.6 Å². The second-order valence-electron chi connectivity index (χ2n) is 5.22. The molecule has 2 aromatic rings. The third-order valence-corrected chi connectivity index (χ3v) is 3.54. The molecule has 0 fully saturated rings. The van der Waals surface area contributed by atoms with Crippen molar-refractivity contribution < 1.29 is 4.79 Å². The molecule has 0 spiro atoms. The van der Waals surface area contributed by atoms with E-state index in [4.69, 9.17) is 5.73 Å². The first kappa shape index (κ1) is 15.3. The zero-order valence-electron chi connectivity index (χ0n) is 12.4. The summed E-state index contributed by atoms with van der Waals surface area (Å²) in [6.07, 6.45) is 0.705. The van der Waals surface area contributed by atoms with Crippen LogP contribution < -0.4 is 10.6 Å². The molecule has 0 bridgehead atoms. The fraction of sp³-hybridized carbons (Fsp3) is 0.278. The lowest BCUT2D eigenvalue weighted by molar-refractivity contribution is -0.122. The quantitative estimate of drug-likeness (QED) is 0.884. The van der Waals surface area contributed by atoms with Gasteiger partial charge in [-0.25, -0.2) is 0 Å². The molecule has 21 heavy (non-hydrogen) atoms. The predicted octanol–water partition coefficient (Wildman–Crippen LogP) is 3.20. The molecule has 1 unspecified atom stereocenters. The van der Waals surface area contributed by atoms with Crippen LogP contribution in [0.25, 0.3) is 0 Å². The molecule has 3 heteroatoms. The smallest absolute Gasteiger partial charge is 0.230 e. The summed E-state index contributed by atoms with van der Waals surface area (Å²) in [5, 5.41) is 0. The van der Waals surface area contributed by atoms with E-state index in [0.29, 0.717) is 19.5 Å². The lowest BCUT2D eigenvalue weighted by atomic mass is 10.1. The number of hydrogen-bond donors (Lipinski definition) is 1. The zero-order chi connectivity index (χ0) is 15.1. The van der Waals surface area contributed by atoms with Gasteiger partial charge in [0.05, 0.1) is 6.54 Å². The maximum atomic E-state index is 12.7. The Morgan fingerprint density at radius 3 is 2.19 bits per heavy atom. The van der Waals surface area contributed by atoms with E-state index < -0.39 is 0 Å². The lowest BCUT2D eigenvalue weighted by Crippen LogP contribution is -2.35. The molecular weight excluding hydrogens is 260 g/mol. The van der Waals surface area contributed by atoms with Crippen molar-refractivity contribution in [2.24, 2.45) is 11.7 Å². The standard InChI is InChI=1S/C18H22N2O/c1-15(12-13-19)18(21)20(17-10-6-3-7-11-17)14-16-8-4-2-5-9-16/h2-11,15H,12-14,19H2,1H3. The number of nitrogens with two attached hydrogens (primary N) is 1. The van der Waals surface area contributed by atoms with Crippen molar-refractivity contribution in [2.75, 3.05) is 11.4 Å². The Hall–Kier alpha value is -2.13. The van der Waals surface area contributed by atoms with Crippen LogP contribution in [-0.4, -0.2) is 12.5 Å². The number of para-hydroxylation sites is 1. The van der Waals surface area contributed by atoms with Gasteiger partial charge in [-0.2, -0.15) is 0 Å². The first-order valence-corrected chi connectivity index (χ1v) is 7.33. The maximum Gasteiger partial charge on any atom is 0.230 e. The van der Waals surface area contributed by atoms with Crippen molar-refractivity contribution in [2.45, 2.75) is 19.9 Å². The van der Waals surface area contributed by atoms with Gasteiger partial charge in [0.25, 0.3) is 0 Å². The molecule has 3 nitrogen and oxygen atoms in total. The van der Waals surface area contributed by atoms with Crippen molar-refractivity contribution in [1.29, 1.82) is 0 Å². The normalized spacial score (nSPS) is 11.9. The largest absolute Gasteiger partial charge is 0.330 e. The van der Waals surface area contributed by atoms with Crippen LogP contribution in [0.15, 0.2) is 60.7 Å². The Morgan fingerprint density at radius 2 is 1.62 bits per heavy atom. The Bertz CT molecular complexity index is 554. The molecule has 0 saturated heterocycles. The number of anilines is 1. The molecule has 110 valence electrons. The summed E-state index contributed by atoms with van der Waals surface area (Å²) in [5.74, 6) is 0.0504. The zero-order valence-corrected chi connectivity index (χ0v) is 12.4. The highest BCUT2D eigenvalue weighted by Gasteiger charge is 2.21. The third kappa shape index (κ3) is 4.17. The highest BCUT2D eigenvalue weighted by Crippen LogP contribution is 2.20. The van der Waals surface area contributed by atoms with Gasteiger partial charge in [-0.15, -0.1) is 0 Å². The van der Waals surface area contributed by atoms with Crippen LogP contribution in [0.2, 0.25) is 0 Å². The number of amides is 1. The number of carbonyl (C=O) groups is 1. The van der Waals surface area contributed by atoms with E-state index in [0.717, 1.165) is 11.3 Å². The van der Waals surface area contributed by atoms with Gasteiger partial charge in [-0.3, -0.25) is 4.79 Å². The second-order valence-corrected chi connectivity index (χ2v) is 5.22. The first-order chi connectivity index (χ1) is 10.2. The molecule has 0 aromatic heterocycles. The number of rotatable bonds is 6. The van der Waals surface area contributed by atoms with E-state index >= 15 is 0 Å². The first-order valence-electron chi connectivity index (χ1n) is 7.33. The minimum absolute atomic E-state index is 0.0704. The summed E-state index contributed by atoms with van der Waals surface area (Å²) in [5.41, 5.74) is 7.63. The third-order valence-electron chi connectivity index (χ3n) is 3.54. The van der Waals surface area contributed by atoms with Gasteiger partial charge >= 0.3 is 0 Å². The molecule has 0 aliphatic carbocycles. The molecule has 2 rings (SSSR count). The molecule has 0 radical (unpaired) electrons. The van der Waals surface area contributed by atoms with Gasteiger partial charge in [-0.1, -0.05) is 55.5 Å². The van der Waals surface area contributed by atoms with Crippen LogP contribution in [0.1, 0.15) is 18.9 Å². The minimum Gasteiger partial charge on any atom is -0.330 e. The van der Waals surface area contributed by atoms with Crippen molar-refractivity contribution in [3.63, 3.8) is 0 Å². The van der Waals surface area contributed by atoms with Crippen LogP contribution in [0.3, 0.4) is 0 Å². The molecule has 1 amide bonds. The highest BCUT2D eigenvalue weighted by molar-refractivity contribution is 5.94. The average Bonchev–Trinajstić information content (AvgIpc) is 2.54. The Labute approximate surface area is 126 Å². The number of benzene rings is 2. The monoisotopic (exact) mass is 282 g/mol. The van der Waals surface area contributed by atoms with Gasteiger partial charge in [0.2, 0.25) is 5.91 Å². The van der Waals surface area contributed by atoms with Gasteiger partial charge in [-0.05, 0) is 30.7 Å². The van der Waals surface area contributed by atoms with Crippen LogP contribution >= 0.6 is 0 Å². The van der Waals surface area contributed by atoms with Crippen LogP contribution in [0.5, 0.6) is 0 Å². The summed E-state index contributed by atoms with van der Waals surface area (Å²) < 4.78 is 0. The van der Waals surface area contributed by atoms with Gasteiger partial charge in [0.15, 0.2) is 0 Å². The fourth-order valence-corrected chi connectivity index (χ4v) is 2.31. The van der Waals surface area contributed by atoms with Crippen molar-refractivity contribution >= 4 is 11.6 Å². The van der Waals surface area contributed by atoms with E-state index in [9.17, 15) is 4.79 Å². The second kappa shape index (κ2) is 7.60. The van der Waals surface area contributed by atoms with Crippen LogP contribution in [0, 0.1) is 5.92 Å². The topological polar surface area (TPSA) is 46.3 Å². The summed E-state index contributed by atoms with van der Waals surface area (Å²) in [4.78, 5) is 14.6. The molecule has 0 heterocycles. The maximum absolute atomic E-state index is 12.7. The highest BCUT2D eigenvalue weighted by atomic mass is 16.2. The molecule has 0 aliphatic rings. The predicted molar refractivity (Wildman–Crippen MR) is 86.9 cm³/mol. The summed E-state index contributed by atoms with van der Waals surface area (Å²) in [6, 6.07) is 19.8. The van der Waals surface area contributed by atoms with Crippen molar-refractivity contribution in [3.8, 4) is 0 Å². The van der Waals surface area contributed by atoms with Crippen molar-refractivity contribution in [3.05, 3.63) is 66.2 Å². The Balaban J connectivity index is 2.24. The molecule has 0 saturated carbocycles. The Morgan fingerprint density at radius 1 is 1.05 bits per heavy atom. The van der Waals surface area contributed by atoms with E-state index in [1.165, 1.54) is 0 Å². The number of hydrogen-bond acceptors (Lipinski definition) is 2. The minimum atomic E-state index is -0.0704. The molecule has 0 aliphatic heterocycles. The Kier molecular flexibility index (Phi) is 5.52. The summed E-state index contributed by atoms with van der Waals surface area (Å²) in [6.45, 7) is 3.05. The van der Waals surface area contributed by atoms with E-state index in [-0.39, 0.29) is 11.8 Å². The summed E-state index contributed by atoms with van der Waals surface area (Å²) >= 11 is 0. The van der Waals surface area contributed by atoms with Crippen molar-refractivity contribution in [1.82, 2.24) is 0 Å². The van der Waals surface area contributed by atoms with Crippen LogP contribution in [0.4, 0.5) is 5.69 Å². The number of nitrogens with zero attached hydrogens (tertiary/aromatic N) is 1. The fourth-order valence-electron chi connectivity index (χ4n) is 2.31. The van der Waals surface area contributed by atoms with Gasteiger partial charge < -0.3 is 10.6 Å². The molecular formula is C18H22N2O. The average molecular weight is 282 g/mol. The lowest BCUT2D eigenvalue weighted by Gasteiger charge is -2.26. The molecule has 2 aromatic carbocycles. The van der Waals surface area contributed by atoms with E-state index in [1.807, 2.05) is 72.5 Å². The molecule has 1 atom stereocenters. The summed E-state index contributed by atoms with van der Waals surface area (Å²) in [7, 11) is 0. The number of carbonyl (C=O) groups excluding carboxylic acids is 1. The van der Waals surface area contributed by atoms with E-state index in [1.54, 1.807) is 0 Å². The van der Waals surface area contributed by atoms with Crippen LogP contribution in [-0.2, 0) is 11.3 Å². The van der Waals surface area contributed by atoms with Gasteiger partial charge in [0.1, 0.15) is 0 Å².